The van der Waals surface area contributed by atoms with Gasteiger partial charge in [-0.1, -0.05) is 25.4 Å². The van der Waals surface area contributed by atoms with E-state index in [-0.39, 0.29) is 12.0 Å². The van der Waals surface area contributed by atoms with E-state index in [1.807, 2.05) is 20.8 Å². The number of hydrogen-bond donors (Lipinski definition) is 2. The summed E-state index contributed by atoms with van der Waals surface area (Å²) in [6.07, 6.45) is 1.97. The van der Waals surface area contributed by atoms with Gasteiger partial charge in [-0.2, -0.15) is 0 Å². The lowest BCUT2D eigenvalue weighted by Gasteiger charge is -2.15. The molecule has 4 nitrogen and oxygen atoms in total. The van der Waals surface area contributed by atoms with E-state index in [4.69, 9.17) is 11.6 Å². The van der Waals surface area contributed by atoms with Crippen molar-refractivity contribution in [2.45, 2.75) is 45.6 Å². The highest BCUT2D eigenvalue weighted by Crippen LogP contribution is 2.32. The van der Waals surface area contributed by atoms with E-state index in [0.717, 1.165) is 30.0 Å². The highest BCUT2D eigenvalue weighted by Gasteiger charge is 2.29. The van der Waals surface area contributed by atoms with Crippen LogP contribution < -0.4 is 5.32 Å². The largest absolute Gasteiger partial charge is 0.391 e. The minimum atomic E-state index is -0.291. The molecule has 0 bridgehead atoms. The first kappa shape index (κ1) is 13.6. The first-order chi connectivity index (χ1) is 8.49. The Hall–Kier alpha value is -0.870. The van der Waals surface area contributed by atoms with Crippen LogP contribution in [0.4, 0.5) is 5.82 Å². The van der Waals surface area contributed by atoms with Gasteiger partial charge in [0.2, 0.25) is 0 Å². The van der Waals surface area contributed by atoms with Crippen LogP contribution in [0.5, 0.6) is 0 Å². The minimum absolute atomic E-state index is 0.233. The third-order valence-corrected chi connectivity index (χ3v) is 3.63. The number of aliphatic hydroxyl groups excluding tert-OH is 1. The molecule has 1 aromatic heterocycles. The number of rotatable bonds is 5. The average molecular weight is 270 g/mol. The molecule has 0 spiro atoms. The Morgan fingerprint density at radius 1 is 1.39 bits per heavy atom. The highest BCUT2D eigenvalue weighted by atomic mass is 35.5. The van der Waals surface area contributed by atoms with Gasteiger partial charge < -0.3 is 10.4 Å². The van der Waals surface area contributed by atoms with Gasteiger partial charge in [0.05, 0.1) is 6.10 Å². The summed E-state index contributed by atoms with van der Waals surface area (Å²) in [5.74, 6) is 2.16. The minimum Gasteiger partial charge on any atom is -0.391 e. The fourth-order valence-electron chi connectivity index (χ4n) is 1.78. The van der Waals surface area contributed by atoms with E-state index in [2.05, 4.69) is 15.3 Å². The van der Waals surface area contributed by atoms with Gasteiger partial charge in [-0.3, -0.25) is 0 Å². The Kier molecular flexibility index (Phi) is 4.07. The SMILES string of the molecule is Cc1c(Cl)nc(C(C)C)nc1NCC(O)C1CC1. The van der Waals surface area contributed by atoms with Crippen molar-refractivity contribution < 1.29 is 5.11 Å². The molecule has 1 saturated carbocycles. The van der Waals surface area contributed by atoms with Gasteiger partial charge >= 0.3 is 0 Å². The molecule has 100 valence electrons. The van der Waals surface area contributed by atoms with Gasteiger partial charge in [-0.25, -0.2) is 9.97 Å². The highest BCUT2D eigenvalue weighted by molar-refractivity contribution is 6.30. The second-order valence-corrected chi connectivity index (χ2v) is 5.64. The van der Waals surface area contributed by atoms with Crippen molar-refractivity contribution >= 4 is 17.4 Å². The quantitative estimate of drug-likeness (QED) is 0.807. The van der Waals surface area contributed by atoms with Crippen LogP contribution in [0.3, 0.4) is 0 Å². The van der Waals surface area contributed by atoms with Crippen LogP contribution in [-0.4, -0.2) is 27.7 Å². The maximum absolute atomic E-state index is 9.85. The molecule has 0 radical (unpaired) electrons. The smallest absolute Gasteiger partial charge is 0.137 e. The zero-order chi connectivity index (χ0) is 13.3. The summed E-state index contributed by atoms with van der Waals surface area (Å²) >= 11 is 6.10. The van der Waals surface area contributed by atoms with Gasteiger partial charge in [-0.05, 0) is 25.7 Å². The van der Waals surface area contributed by atoms with Crippen molar-refractivity contribution in [1.29, 1.82) is 0 Å². The van der Waals surface area contributed by atoms with Crippen molar-refractivity contribution in [3.8, 4) is 0 Å². The molecule has 1 fully saturated rings. The topological polar surface area (TPSA) is 58.0 Å². The normalized spacial score (nSPS) is 17.0. The molecule has 2 N–H and O–H groups in total. The molecule has 1 atom stereocenters. The van der Waals surface area contributed by atoms with Crippen LogP contribution in [0.25, 0.3) is 0 Å². The van der Waals surface area contributed by atoms with Gasteiger partial charge in [0, 0.05) is 18.0 Å². The average Bonchev–Trinajstić information content (AvgIpc) is 3.14. The van der Waals surface area contributed by atoms with Gasteiger partial charge in [0.15, 0.2) is 0 Å². The van der Waals surface area contributed by atoms with E-state index < -0.39 is 0 Å². The van der Waals surface area contributed by atoms with Gasteiger partial charge in [0.1, 0.15) is 16.8 Å². The van der Waals surface area contributed by atoms with Crippen LogP contribution in [0, 0.1) is 12.8 Å². The molecular formula is C13H20ClN3O. The van der Waals surface area contributed by atoms with E-state index in [9.17, 15) is 5.11 Å². The Morgan fingerprint density at radius 3 is 2.61 bits per heavy atom. The summed E-state index contributed by atoms with van der Waals surface area (Å²) in [4.78, 5) is 8.73. The molecule has 1 aromatic rings. The van der Waals surface area contributed by atoms with Gasteiger partial charge in [-0.15, -0.1) is 0 Å². The molecule has 18 heavy (non-hydrogen) atoms. The number of aliphatic hydroxyl groups is 1. The standard InChI is InChI=1S/C13H20ClN3O/c1-7(2)12-16-11(14)8(3)13(17-12)15-6-10(18)9-4-5-9/h7,9-10,18H,4-6H2,1-3H3,(H,15,16,17). The van der Waals surface area contributed by atoms with Crippen LogP contribution in [0.1, 0.15) is 44.0 Å². The zero-order valence-electron chi connectivity index (χ0n) is 11.1. The number of nitrogens with zero attached hydrogens (tertiary/aromatic N) is 2. The Balaban J connectivity index is 2.10. The zero-order valence-corrected chi connectivity index (χ0v) is 11.8. The summed E-state index contributed by atoms with van der Waals surface area (Å²) in [7, 11) is 0. The molecule has 0 amide bonds. The van der Waals surface area contributed by atoms with Crippen molar-refractivity contribution in [3.05, 3.63) is 16.5 Å². The van der Waals surface area contributed by atoms with E-state index in [1.54, 1.807) is 0 Å². The Labute approximate surface area is 113 Å². The first-order valence-electron chi connectivity index (χ1n) is 6.45. The molecule has 1 heterocycles. The maximum atomic E-state index is 9.85. The molecule has 1 aliphatic rings. The molecule has 5 heteroatoms. The molecule has 1 aliphatic carbocycles. The van der Waals surface area contributed by atoms with E-state index >= 15 is 0 Å². The van der Waals surface area contributed by atoms with E-state index in [0.29, 0.717) is 17.6 Å². The number of aromatic nitrogens is 2. The summed E-state index contributed by atoms with van der Waals surface area (Å²) in [5, 5.41) is 13.5. The third kappa shape index (κ3) is 3.12. The fourth-order valence-corrected chi connectivity index (χ4v) is 1.96. The molecule has 0 saturated heterocycles. The van der Waals surface area contributed by atoms with Crippen molar-refractivity contribution in [2.24, 2.45) is 5.92 Å². The first-order valence-corrected chi connectivity index (χ1v) is 6.82. The molecule has 0 aliphatic heterocycles. The summed E-state index contributed by atoms with van der Waals surface area (Å²) in [6.45, 7) is 6.47. The monoisotopic (exact) mass is 269 g/mol. The number of anilines is 1. The van der Waals surface area contributed by atoms with Crippen LogP contribution in [0.2, 0.25) is 5.15 Å². The predicted molar refractivity (Wildman–Crippen MR) is 73.1 cm³/mol. The molecule has 2 rings (SSSR count). The Bertz CT molecular complexity index is 432. The Morgan fingerprint density at radius 2 is 2.06 bits per heavy atom. The number of halogens is 1. The van der Waals surface area contributed by atoms with E-state index in [1.165, 1.54) is 0 Å². The predicted octanol–water partition coefficient (Wildman–Crippen LogP) is 2.74. The van der Waals surface area contributed by atoms with Crippen LogP contribution in [0.15, 0.2) is 0 Å². The number of hydrogen-bond acceptors (Lipinski definition) is 4. The maximum Gasteiger partial charge on any atom is 0.137 e. The molecule has 1 unspecified atom stereocenters. The lowest BCUT2D eigenvalue weighted by Crippen LogP contribution is -2.22. The van der Waals surface area contributed by atoms with Crippen molar-refractivity contribution in [1.82, 2.24) is 9.97 Å². The molecular weight excluding hydrogens is 250 g/mol. The second kappa shape index (κ2) is 5.41. The molecule has 0 aromatic carbocycles. The lowest BCUT2D eigenvalue weighted by atomic mass is 10.2. The lowest BCUT2D eigenvalue weighted by molar-refractivity contribution is 0.164. The van der Waals surface area contributed by atoms with Crippen LogP contribution >= 0.6 is 11.6 Å². The number of nitrogens with one attached hydrogen (secondary N) is 1. The third-order valence-electron chi connectivity index (χ3n) is 3.26. The summed E-state index contributed by atoms with van der Waals surface area (Å²) in [5.41, 5.74) is 0.837. The van der Waals surface area contributed by atoms with Crippen LogP contribution in [-0.2, 0) is 0 Å². The van der Waals surface area contributed by atoms with Gasteiger partial charge in [0.25, 0.3) is 0 Å². The van der Waals surface area contributed by atoms with Crippen molar-refractivity contribution in [3.63, 3.8) is 0 Å². The second-order valence-electron chi connectivity index (χ2n) is 5.29. The summed E-state index contributed by atoms with van der Waals surface area (Å²) in [6, 6.07) is 0. The summed E-state index contributed by atoms with van der Waals surface area (Å²) < 4.78 is 0. The fraction of sp³-hybridized carbons (Fsp3) is 0.692. The van der Waals surface area contributed by atoms with Crippen molar-refractivity contribution in [2.75, 3.05) is 11.9 Å².